The van der Waals surface area contributed by atoms with Crippen molar-refractivity contribution in [2.45, 2.75) is 25.8 Å². The van der Waals surface area contributed by atoms with Gasteiger partial charge in [0.1, 0.15) is 11.3 Å². The van der Waals surface area contributed by atoms with Crippen LogP contribution in [0, 0.1) is 6.92 Å². The maximum absolute atomic E-state index is 5.86. The molecule has 0 aliphatic carbocycles. The molecule has 1 atom stereocenters. The molecule has 3 nitrogen and oxygen atoms in total. The van der Waals surface area contributed by atoms with E-state index in [1.54, 1.807) is 0 Å². The number of alkyl halides is 1. The van der Waals surface area contributed by atoms with Gasteiger partial charge < -0.3 is 4.42 Å². The second-order valence-corrected chi connectivity index (χ2v) is 4.57. The van der Waals surface area contributed by atoms with E-state index in [1.807, 2.05) is 31.2 Å². The van der Waals surface area contributed by atoms with E-state index < -0.39 is 0 Å². The molecule has 3 N–H and O–H groups in total. The third kappa shape index (κ3) is 2.63. The van der Waals surface area contributed by atoms with Crippen LogP contribution in [0.3, 0.4) is 0 Å². The fourth-order valence-electron chi connectivity index (χ4n) is 1.99. The Morgan fingerprint density at radius 2 is 2.29 bits per heavy atom. The highest BCUT2D eigenvalue weighted by Gasteiger charge is 2.15. The summed E-state index contributed by atoms with van der Waals surface area (Å²) in [7, 11) is 0. The molecule has 2 aromatic rings. The quantitative estimate of drug-likeness (QED) is 0.488. The summed E-state index contributed by atoms with van der Waals surface area (Å²) in [6.07, 6.45) is 1.78. The van der Waals surface area contributed by atoms with Gasteiger partial charge in [0.2, 0.25) is 0 Å². The summed E-state index contributed by atoms with van der Waals surface area (Å²) in [5, 5.41) is 1.12. The van der Waals surface area contributed by atoms with E-state index in [4.69, 9.17) is 21.9 Å². The van der Waals surface area contributed by atoms with Crippen LogP contribution in [0.4, 0.5) is 0 Å². The van der Waals surface area contributed by atoms with Gasteiger partial charge in [0.05, 0.1) is 6.04 Å². The predicted molar refractivity (Wildman–Crippen MR) is 71.0 cm³/mol. The Bertz CT molecular complexity index is 495. The second kappa shape index (κ2) is 5.54. The number of hydrogen-bond acceptors (Lipinski definition) is 3. The molecule has 1 heterocycles. The molecule has 0 fully saturated rings. The maximum Gasteiger partial charge on any atom is 0.137 e. The molecule has 0 saturated heterocycles. The Morgan fingerprint density at radius 1 is 1.47 bits per heavy atom. The highest BCUT2D eigenvalue weighted by Crippen LogP contribution is 2.28. The van der Waals surface area contributed by atoms with Crippen molar-refractivity contribution in [3.63, 3.8) is 0 Å². The SMILES string of the molecule is Cc1cccc2cc(C(CCCCl)NN)oc12. The van der Waals surface area contributed by atoms with Gasteiger partial charge in [-0.05, 0) is 31.4 Å². The fourth-order valence-corrected chi connectivity index (χ4v) is 2.14. The third-order valence-electron chi connectivity index (χ3n) is 2.93. The molecular weight excluding hydrogens is 236 g/mol. The topological polar surface area (TPSA) is 51.2 Å². The third-order valence-corrected chi connectivity index (χ3v) is 3.20. The van der Waals surface area contributed by atoms with Gasteiger partial charge in [0.15, 0.2) is 0 Å². The van der Waals surface area contributed by atoms with Gasteiger partial charge in [-0.1, -0.05) is 18.2 Å². The van der Waals surface area contributed by atoms with E-state index in [2.05, 4.69) is 5.43 Å². The molecular formula is C13H17ClN2O. The van der Waals surface area contributed by atoms with Crippen molar-refractivity contribution in [2.24, 2.45) is 5.84 Å². The van der Waals surface area contributed by atoms with Crippen molar-refractivity contribution in [1.29, 1.82) is 0 Å². The minimum atomic E-state index is 0.0283. The summed E-state index contributed by atoms with van der Waals surface area (Å²) in [6.45, 7) is 2.04. The van der Waals surface area contributed by atoms with Gasteiger partial charge in [-0.2, -0.15) is 0 Å². The average molecular weight is 253 g/mol. The zero-order valence-electron chi connectivity index (χ0n) is 9.87. The molecule has 92 valence electrons. The number of hydrazine groups is 1. The van der Waals surface area contributed by atoms with Crippen LogP contribution in [0.25, 0.3) is 11.0 Å². The number of furan rings is 1. The fraction of sp³-hybridized carbons (Fsp3) is 0.385. The highest BCUT2D eigenvalue weighted by atomic mass is 35.5. The zero-order valence-corrected chi connectivity index (χ0v) is 10.6. The molecule has 1 unspecified atom stereocenters. The molecule has 17 heavy (non-hydrogen) atoms. The largest absolute Gasteiger partial charge is 0.459 e. The molecule has 1 aromatic carbocycles. The van der Waals surface area contributed by atoms with Crippen LogP contribution < -0.4 is 11.3 Å². The number of benzene rings is 1. The summed E-state index contributed by atoms with van der Waals surface area (Å²) < 4.78 is 5.86. The molecule has 1 aromatic heterocycles. The van der Waals surface area contributed by atoms with Crippen LogP contribution in [-0.4, -0.2) is 5.88 Å². The predicted octanol–water partition coefficient (Wildman–Crippen LogP) is 3.26. The number of para-hydroxylation sites is 1. The van der Waals surface area contributed by atoms with Gasteiger partial charge in [-0.3, -0.25) is 5.84 Å². The number of halogens is 1. The van der Waals surface area contributed by atoms with E-state index in [1.165, 1.54) is 0 Å². The van der Waals surface area contributed by atoms with E-state index >= 15 is 0 Å². The standard InChI is InChI=1S/C13H17ClN2O/c1-9-4-2-5-10-8-12(17-13(9)10)11(16-15)6-3-7-14/h2,4-5,8,11,16H,3,6-7,15H2,1H3. The maximum atomic E-state index is 5.86. The van der Waals surface area contributed by atoms with Crippen molar-refractivity contribution < 1.29 is 4.42 Å². The minimum absolute atomic E-state index is 0.0283. The number of rotatable bonds is 5. The smallest absolute Gasteiger partial charge is 0.137 e. The second-order valence-electron chi connectivity index (χ2n) is 4.19. The van der Waals surface area contributed by atoms with Gasteiger partial charge in [-0.25, -0.2) is 5.43 Å². The number of nitrogens with two attached hydrogens (primary N) is 1. The van der Waals surface area contributed by atoms with Crippen LogP contribution in [-0.2, 0) is 0 Å². The Labute approximate surface area is 106 Å². The van der Waals surface area contributed by atoms with E-state index in [0.29, 0.717) is 5.88 Å². The number of fused-ring (bicyclic) bond motifs is 1. The lowest BCUT2D eigenvalue weighted by Gasteiger charge is -2.11. The van der Waals surface area contributed by atoms with Gasteiger partial charge in [0, 0.05) is 11.3 Å². The Hall–Kier alpha value is -1.03. The number of nitrogens with one attached hydrogen (secondary N) is 1. The zero-order chi connectivity index (χ0) is 12.3. The molecule has 0 radical (unpaired) electrons. The first kappa shape index (κ1) is 12.4. The number of aryl methyl sites for hydroxylation is 1. The molecule has 4 heteroatoms. The van der Waals surface area contributed by atoms with E-state index in [9.17, 15) is 0 Å². The molecule has 0 saturated carbocycles. The molecule has 0 amide bonds. The van der Waals surface area contributed by atoms with Crippen LogP contribution in [0.5, 0.6) is 0 Å². The summed E-state index contributed by atoms with van der Waals surface area (Å²) in [5.41, 5.74) is 4.86. The van der Waals surface area contributed by atoms with Crippen molar-refractivity contribution >= 4 is 22.6 Å². The lowest BCUT2D eigenvalue weighted by molar-refractivity contribution is 0.414. The lowest BCUT2D eigenvalue weighted by Crippen LogP contribution is -2.27. The molecule has 0 aliphatic rings. The van der Waals surface area contributed by atoms with Crippen molar-refractivity contribution in [1.82, 2.24) is 5.43 Å². The summed E-state index contributed by atoms with van der Waals surface area (Å²) >= 11 is 5.69. The van der Waals surface area contributed by atoms with Crippen molar-refractivity contribution in [3.8, 4) is 0 Å². The molecule has 2 rings (SSSR count). The van der Waals surface area contributed by atoms with Gasteiger partial charge in [-0.15, -0.1) is 11.6 Å². The summed E-state index contributed by atoms with van der Waals surface area (Å²) in [4.78, 5) is 0. The van der Waals surface area contributed by atoms with Crippen LogP contribution in [0.1, 0.15) is 30.2 Å². The van der Waals surface area contributed by atoms with E-state index in [-0.39, 0.29) is 6.04 Å². The van der Waals surface area contributed by atoms with Crippen molar-refractivity contribution in [3.05, 3.63) is 35.6 Å². The summed E-state index contributed by atoms with van der Waals surface area (Å²) in [6, 6.07) is 8.19. The van der Waals surface area contributed by atoms with Crippen LogP contribution >= 0.6 is 11.6 Å². The number of hydrogen-bond donors (Lipinski definition) is 2. The minimum Gasteiger partial charge on any atom is -0.459 e. The van der Waals surface area contributed by atoms with Gasteiger partial charge >= 0.3 is 0 Å². The molecule has 0 spiro atoms. The first-order valence-corrected chi connectivity index (χ1v) is 6.31. The summed E-state index contributed by atoms with van der Waals surface area (Å²) in [5.74, 6) is 7.07. The highest BCUT2D eigenvalue weighted by molar-refractivity contribution is 6.17. The average Bonchev–Trinajstić information content (AvgIpc) is 2.75. The molecule has 0 aliphatic heterocycles. The first-order valence-electron chi connectivity index (χ1n) is 5.77. The van der Waals surface area contributed by atoms with Crippen LogP contribution in [0.15, 0.2) is 28.7 Å². The Kier molecular flexibility index (Phi) is 4.05. The Balaban J connectivity index is 2.31. The van der Waals surface area contributed by atoms with E-state index in [0.717, 1.165) is 35.1 Å². The van der Waals surface area contributed by atoms with Gasteiger partial charge in [0.25, 0.3) is 0 Å². The van der Waals surface area contributed by atoms with Crippen molar-refractivity contribution in [2.75, 3.05) is 5.88 Å². The monoisotopic (exact) mass is 252 g/mol. The Morgan fingerprint density at radius 3 is 2.94 bits per heavy atom. The molecule has 0 bridgehead atoms. The first-order chi connectivity index (χ1) is 8.26. The lowest BCUT2D eigenvalue weighted by atomic mass is 10.1. The van der Waals surface area contributed by atoms with Crippen LogP contribution in [0.2, 0.25) is 0 Å². The normalized spacial score (nSPS) is 13.1.